The van der Waals surface area contributed by atoms with Gasteiger partial charge in [-0.05, 0) is 48.6 Å². The highest BCUT2D eigenvalue weighted by Crippen LogP contribution is 2.34. The standard InChI is InChI=1S/C25H25Cl2N5O2/c1-14-16-8-9-20-23(31(2)25(29-20)30-22-17(26)5-3-6-18(22)27)21(16)24(34)28-19(14)7-4-11-32-12-10-15(33)13-32/h3-9,15,33H,10-13H2,1-2H3,(H,28,34)(H,29,30). The van der Waals surface area contributed by atoms with Gasteiger partial charge in [0.25, 0.3) is 5.56 Å². The maximum Gasteiger partial charge on any atom is 0.258 e. The van der Waals surface area contributed by atoms with E-state index < -0.39 is 0 Å². The Bertz CT molecular complexity index is 1470. The van der Waals surface area contributed by atoms with Gasteiger partial charge in [-0.2, -0.15) is 0 Å². The van der Waals surface area contributed by atoms with E-state index in [9.17, 15) is 9.90 Å². The zero-order valence-electron chi connectivity index (χ0n) is 18.9. The lowest BCUT2D eigenvalue weighted by molar-refractivity contribution is 0.179. The van der Waals surface area contributed by atoms with Crippen molar-refractivity contribution in [1.82, 2.24) is 19.4 Å². The number of likely N-dealkylation sites (tertiary alicyclic amines) is 1. The maximum atomic E-state index is 13.2. The van der Waals surface area contributed by atoms with Gasteiger partial charge in [0.05, 0.1) is 38.3 Å². The number of aromatic amines is 1. The Morgan fingerprint density at radius 1 is 1.26 bits per heavy atom. The molecule has 0 amide bonds. The lowest BCUT2D eigenvalue weighted by Crippen LogP contribution is -2.21. The second-order valence-corrected chi connectivity index (χ2v) is 9.48. The Labute approximate surface area is 206 Å². The molecule has 3 heterocycles. The molecule has 1 aliphatic heterocycles. The lowest BCUT2D eigenvalue weighted by atomic mass is 10.0. The average Bonchev–Trinajstić information content (AvgIpc) is 3.36. The first-order valence-electron chi connectivity index (χ1n) is 11.1. The summed E-state index contributed by atoms with van der Waals surface area (Å²) in [7, 11) is 1.86. The molecule has 1 atom stereocenters. The summed E-state index contributed by atoms with van der Waals surface area (Å²) >= 11 is 12.6. The smallest absolute Gasteiger partial charge is 0.258 e. The normalized spacial score (nSPS) is 16.9. The van der Waals surface area contributed by atoms with E-state index in [2.05, 4.69) is 20.2 Å². The molecule has 2 aromatic carbocycles. The van der Waals surface area contributed by atoms with E-state index in [0.717, 1.165) is 41.7 Å². The molecule has 176 valence electrons. The molecular weight excluding hydrogens is 473 g/mol. The Balaban J connectivity index is 1.54. The number of rotatable bonds is 5. The first kappa shape index (κ1) is 22.9. The zero-order valence-corrected chi connectivity index (χ0v) is 20.4. The molecule has 1 saturated heterocycles. The number of hydrogen-bond donors (Lipinski definition) is 3. The molecule has 2 aromatic heterocycles. The Morgan fingerprint density at radius 3 is 2.74 bits per heavy atom. The second kappa shape index (κ2) is 9.07. The number of aliphatic hydroxyl groups is 1. The third kappa shape index (κ3) is 4.09. The largest absolute Gasteiger partial charge is 0.392 e. The van der Waals surface area contributed by atoms with Crippen LogP contribution in [0.2, 0.25) is 10.0 Å². The molecule has 4 aromatic rings. The van der Waals surface area contributed by atoms with Crippen molar-refractivity contribution >= 4 is 62.7 Å². The molecule has 7 nitrogen and oxygen atoms in total. The number of aryl methyl sites for hydroxylation is 2. The summed E-state index contributed by atoms with van der Waals surface area (Å²) in [4.78, 5) is 23.1. The molecule has 0 radical (unpaired) electrons. The number of benzene rings is 2. The summed E-state index contributed by atoms with van der Waals surface area (Å²) in [5.41, 5.74) is 3.58. The van der Waals surface area contributed by atoms with Crippen LogP contribution in [0.4, 0.5) is 11.6 Å². The summed E-state index contributed by atoms with van der Waals surface area (Å²) in [5.74, 6) is 0.534. The number of β-amino-alcohol motifs (C(OH)–C–C–N with tert-alkyl or cyclic N) is 1. The number of hydrogen-bond acceptors (Lipinski definition) is 5. The predicted molar refractivity (Wildman–Crippen MR) is 139 cm³/mol. The highest BCUT2D eigenvalue weighted by molar-refractivity contribution is 6.39. The molecule has 1 fully saturated rings. The number of aliphatic hydroxyl groups excluding tert-OH is 1. The van der Waals surface area contributed by atoms with E-state index >= 15 is 0 Å². The van der Waals surface area contributed by atoms with Crippen LogP contribution < -0.4 is 10.9 Å². The molecule has 0 aliphatic carbocycles. The van der Waals surface area contributed by atoms with Crippen LogP contribution in [-0.4, -0.2) is 50.3 Å². The van der Waals surface area contributed by atoms with E-state index in [-0.39, 0.29) is 11.7 Å². The summed E-state index contributed by atoms with van der Waals surface area (Å²) in [6.07, 6.45) is 4.53. The minimum absolute atomic E-state index is 0.173. The van der Waals surface area contributed by atoms with Crippen LogP contribution in [0.15, 0.2) is 41.2 Å². The first-order valence-corrected chi connectivity index (χ1v) is 11.9. The quantitative estimate of drug-likeness (QED) is 0.366. The molecule has 0 saturated carbocycles. The van der Waals surface area contributed by atoms with E-state index in [1.54, 1.807) is 18.2 Å². The summed E-state index contributed by atoms with van der Waals surface area (Å²) in [6.45, 7) is 4.30. The number of imidazole rings is 1. The zero-order chi connectivity index (χ0) is 24.0. The van der Waals surface area contributed by atoms with Gasteiger partial charge in [-0.3, -0.25) is 9.69 Å². The number of pyridine rings is 1. The van der Waals surface area contributed by atoms with Crippen molar-refractivity contribution in [3.8, 4) is 0 Å². The Hall–Kier alpha value is -2.84. The van der Waals surface area contributed by atoms with Crippen LogP contribution in [0.3, 0.4) is 0 Å². The van der Waals surface area contributed by atoms with Crippen molar-refractivity contribution in [3.05, 3.63) is 68.1 Å². The van der Waals surface area contributed by atoms with E-state index in [0.29, 0.717) is 39.1 Å². The second-order valence-electron chi connectivity index (χ2n) is 8.67. The number of fused-ring (bicyclic) bond motifs is 3. The molecule has 0 spiro atoms. The van der Waals surface area contributed by atoms with Crippen molar-refractivity contribution in [2.75, 3.05) is 25.0 Å². The summed E-state index contributed by atoms with van der Waals surface area (Å²) in [5, 5.41) is 15.3. The van der Waals surface area contributed by atoms with Crippen LogP contribution in [0.1, 0.15) is 17.7 Å². The number of anilines is 2. The number of nitrogens with one attached hydrogen (secondary N) is 2. The van der Waals surface area contributed by atoms with E-state index in [1.165, 1.54) is 0 Å². The monoisotopic (exact) mass is 497 g/mol. The van der Waals surface area contributed by atoms with Gasteiger partial charge in [-0.1, -0.05) is 41.4 Å². The van der Waals surface area contributed by atoms with Gasteiger partial charge in [0, 0.05) is 32.4 Å². The van der Waals surface area contributed by atoms with Gasteiger partial charge < -0.3 is 20.0 Å². The van der Waals surface area contributed by atoms with Crippen molar-refractivity contribution < 1.29 is 5.11 Å². The van der Waals surface area contributed by atoms with Crippen LogP contribution in [0.25, 0.3) is 27.9 Å². The molecule has 0 bridgehead atoms. The van der Waals surface area contributed by atoms with Crippen LogP contribution in [0.5, 0.6) is 0 Å². The Kier molecular flexibility index (Phi) is 6.12. The molecule has 34 heavy (non-hydrogen) atoms. The Morgan fingerprint density at radius 2 is 2.03 bits per heavy atom. The SMILES string of the molecule is Cc1c(C=CCN2CCC(O)C2)[nH]c(=O)c2c1ccc1nc(Nc3c(Cl)cccc3Cl)n(C)c12. The highest BCUT2D eigenvalue weighted by Gasteiger charge is 2.19. The molecule has 1 unspecified atom stereocenters. The predicted octanol–water partition coefficient (Wildman–Crippen LogP) is 4.85. The summed E-state index contributed by atoms with van der Waals surface area (Å²) in [6, 6.07) is 9.14. The van der Waals surface area contributed by atoms with Crippen molar-refractivity contribution in [1.29, 1.82) is 0 Å². The molecular formula is C25H25Cl2N5O2. The van der Waals surface area contributed by atoms with Crippen LogP contribution in [-0.2, 0) is 7.05 Å². The lowest BCUT2D eigenvalue weighted by Gasteiger charge is -2.12. The van der Waals surface area contributed by atoms with Gasteiger partial charge in [-0.15, -0.1) is 0 Å². The average molecular weight is 498 g/mol. The first-order chi connectivity index (χ1) is 16.3. The van der Waals surface area contributed by atoms with E-state index in [1.807, 2.05) is 42.8 Å². The van der Waals surface area contributed by atoms with Gasteiger partial charge in [0.2, 0.25) is 5.95 Å². The number of aromatic nitrogens is 3. The summed E-state index contributed by atoms with van der Waals surface area (Å²) < 4.78 is 1.85. The van der Waals surface area contributed by atoms with E-state index in [4.69, 9.17) is 23.2 Å². The third-order valence-corrected chi connectivity index (χ3v) is 7.04. The fourth-order valence-electron chi connectivity index (χ4n) is 4.58. The van der Waals surface area contributed by atoms with Gasteiger partial charge in [0.1, 0.15) is 0 Å². The van der Waals surface area contributed by atoms with Gasteiger partial charge in [-0.25, -0.2) is 4.98 Å². The minimum Gasteiger partial charge on any atom is -0.392 e. The maximum absolute atomic E-state index is 13.2. The van der Waals surface area contributed by atoms with Crippen molar-refractivity contribution in [2.45, 2.75) is 19.4 Å². The molecule has 5 rings (SSSR count). The fraction of sp³-hybridized carbons (Fsp3) is 0.280. The topological polar surface area (TPSA) is 86.2 Å². The number of para-hydroxylation sites is 1. The van der Waals surface area contributed by atoms with Crippen molar-refractivity contribution in [2.24, 2.45) is 7.05 Å². The number of nitrogens with zero attached hydrogens (tertiary/aromatic N) is 3. The molecule has 3 N–H and O–H groups in total. The number of H-pyrrole nitrogens is 1. The highest BCUT2D eigenvalue weighted by atomic mass is 35.5. The van der Waals surface area contributed by atoms with Gasteiger partial charge in [0.15, 0.2) is 0 Å². The van der Waals surface area contributed by atoms with Crippen LogP contribution in [0, 0.1) is 6.92 Å². The van der Waals surface area contributed by atoms with Crippen molar-refractivity contribution in [3.63, 3.8) is 0 Å². The fourth-order valence-corrected chi connectivity index (χ4v) is 5.07. The van der Waals surface area contributed by atoms with Gasteiger partial charge >= 0.3 is 0 Å². The number of halogens is 2. The molecule has 9 heteroatoms. The third-order valence-electron chi connectivity index (χ3n) is 6.41. The molecule has 1 aliphatic rings. The minimum atomic E-state index is -0.245. The van der Waals surface area contributed by atoms with Crippen LogP contribution >= 0.6 is 23.2 Å².